The molecular formula is C15H17NO4S. The number of hydrogen-bond donors (Lipinski definition) is 1. The van der Waals surface area contributed by atoms with Crippen molar-refractivity contribution < 1.29 is 19.0 Å². The predicted octanol–water partition coefficient (Wildman–Crippen LogP) is 2.02. The van der Waals surface area contributed by atoms with Crippen LogP contribution in [0.4, 0.5) is 0 Å². The number of esters is 1. The molecule has 0 saturated heterocycles. The van der Waals surface area contributed by atoms with E-state index >= 15 is 0 Å². The molecule has 3 rings (SSSR count). The minimum Gasteiger partial charge on any atom is -0.486 e. The van der Waals surface area contributed by atoms with Gasteiger partial charge in [0.2, 0.25) is 0 Å². The van der Waals surface area contributed by atoms with Gasteiger partial charge in [0.1, 0.15) is 13.2 Å². The molecule has 0 saturated carbocycles. The van der Waals surface area contributed by atoms with E-state index in [-0.39, 0.29) is 11.9 Å². The van der Waals surface area contributed by atoms with Gasteiger partial charge in [0.15, 0.2) is 11.5 Å². The molecule has 1 aromatic rings. The number of nitrogens with two attached hydrogens (primary N) is 1. The number of thioether (sulfide) groups is 1. The number of ether oxygens (including phenoxy) is 3. The normalized spacial score (nSPS) is 20.5. The van der Waals surface area contributed by atoms with Crippen LogP contribution in [0, 0.1) is 0 Å². The van der Waals surface area contributed by atoms with E-state index in [1.54, 1.807) is 6.92 Å². The fraction of sp³-hybridized carbons (Fsp3) is 0.400. The molecule has 0 spiro atoms. The molecule has 0 bridgehead atoms. The smallest absolute Gasteiger partial charge is 0.337 e. The molecule has 0 aromatic heterocycles. The Morgan fingerprint density at radius 2 is 2.14 bits per heavy atom. The van der Waals surface area contributed by atoms with Crippen molar-refractivity contribution in [2.24, 2.45) is 5.73 Å². The van der Waals surface area contributed by atoms with Crippen molar-refractivity contribution in [1.82, 2.24) is 0 Å². The maximum Gasteiger partial charge on any atom is 0.337 e. The quantitative estimate of drug-likeness (QED) is 0.862. The van der Waals surface area contributed by atoms with Gasteiger partial charge in [-0.2, -0.15) is 0 Å². The molecule has 1 atom stereocenters. The van der Waals surface area contributed by atoms with Crippen LogP contribution in [0.25, 0.3) is 0 Å². The number of carbonyl (C=O) groups excluding carboxylic acids is 1. The lowest BCUT2D eigenvalue weighted by Gasteiger charge is -2.21. The first-order valence-corrected chi connectivity index (χ1v) is 7.88. The molecule has 2 aliphatic heterocycles. The second kappa shape index (κ2) is 5.89. The average molecular weight is 307 g/mol. The Balaban J connectivity index is 1.91. The maximum absolute atomic E-state index is 12.1. The van der Waals surface area contributed by atoms with Crippen LogP contribution in [0.1, 0.15) is 18.4 Å². The molecule has 2 aliphatic rings. The lowest BCUT2D eigenvalue weighted by molar-refractivity contribution is -0.138. The third-order valence-corrected chi connectivity index (χ3v) is 4.51. The van der Waals surface area contributed by atoms with Crippen LogP contribution in [-0.4, -0.2) is 31.5 Å². The van der Waals surface area contributed by atoms with Gasteiger partial charge in [-0.3, -0.25) is 0 Å². The van der Waals surface area contributed by atoms with Crippen molar-refractivity contribution in [3.63, 3.8) is 0 Å². The summed E-state index contributed by atoms with van der Waals surface area (Å²) >= 11 is 1.48. The van der Waals surface area contributed by atoms with Crippen LogP contribution in [0.2, 0.25) is 0 Å². The fourth-order valence-electron chi connectivity index (χ4n) is 2.50. The summed E-state index contributed by atoms with van der Waals surface area (Å²) in [5.41, 5.74) is 7.51. The van der Waals surface area contributed by atoms with E-state index in [2.05, 4.69) is 0 Å². The van der Waals surface area contributed by atoms with Gasteiger partial charge in [-0.25, -0.2) is 4.79 Å². The molecule has 0 radical (unpaired) electrons. The molecule has 21 heavy (non-hydrogen) atoms. The van der Waals surface area contributed by atoms with Crippen molar-refractivity contribution in [3.8, 4) is 11.5 Å². The summed E-state index contributed by atoms with van der Waals surface area (Å²) in [6.07, 6.45) is 0. The predicted molar refractivity (Wildman–Crippen MR) is 80.5 cm³/mol. The zero-order valence-corrected chi connectivity index (χ0v) is 12.6. The zero-order chi connectivity index (χ0) is 14.8. The third-order valence-electron chi connectivity index (χ3n) is 3.48. The molecule has 112 valence electrons. The van der Waals surface area contributed by atoms with Crippen molar-refractivity contribution in [3.05, 3.63) is 34.4 Å². The van der Waals surface area contributed by atoms with E-state index in [4.69, 9.17) is 19.9 Å². The maximum atomic E-state index is 12.1. The minimum absolute atomic E-state index is 0.0649. The lowest BCUT2D eigenvalue weighted by atomic mass is 9.93. The van der Waals surface area contributed by atoms with Gasteiger partial charge in [0.05, 0.1) is 17.2 Å². The Kier molecular flexibility index (Phi) is 3.96. The fourth-order valence-corrected chi connectivity index (χ4v) is 3.58. The van der Waals surface area contributed by atoms with E-state index in [1.807, 2.05) is 18.2 Å². The Morgan fingerprint density at radius 1 is 1.38 bits per heavy atom. The van der Waals surface area contributed by atoms with Crippen LogP contribution >= 0.6 is 11.8 Å². The van der Waals surface area contributed by atoms with E-state index in [0.717, 1.165) is 22.8 Å². The Labute approximate surface area is 127 Å². The highest BCUT2D eigenvalue weighted by atomic mass is 32.2. The van der Waals surface area contributed by atoms with Crippen molar-refractivity contribution >= 4 is 17.7 Å². The molecule has 0 aliphatic carbocycles. The summed E-state index contributed by atoms with van der Waals surface area (Å²) in [4.78, 5) is 12.1. The Morgan fingerprint density at radius 3 is 2.90 bits per heavy atom. The highest BCUT2D eigenvalue weighted by molar-refractivity contribution is 8.03. The van der Waals surface area contributed by atoms with E-state index in [0.29, 0.717) is 30.4 Å². The number of fused-ring (bicyclic) bond motifs is 1. The first-order chi connectivity index (χ1) is 10.2. The Hall–Kier alpha value is -1.82. The highest BCUT2D eigenvalue weighted by Gasteiger charge is 2.33. The molecule has 0 fully saturated rings. The summed E-state index contributed by atoms with van der Waals surface area (Å²) < 4.78 is 16.2. The molecule has 2 heterocycles. The monoisotopic (exact) mass is 307 g/mol. The number of carbonyl (C=O) groups is 1. The summed E-state index contributed by atoms with van der Waals surface area (Å²) in [6.45, 7) is 3.23. The summed E-state index contributed by atoms with van der Waals surface area (Å²) in [5, 5.41) is 0.549. The Bertz CT molecular complexity index is 599. The average Bonchev–Trinajstić information content (AvgIpc) is 2.89. The second-order valence-corrected chi connectivity index (χ2v) is 5.83. The van der Waals surface area contributed by atoms with Gasteiger partial charge in [0, 0.05) is 11.7 Å². The van der Waals surface area contributed by atoms with Crippen LogP contribution in [0.5, 0.6) is 11.5 Å². The van der Waals surface area contributed by atoms with E-state index in [1.165, 1.54) is 11.8 Å². The molecular weight excluding hydrogens is 290 g/mol. The lowest BCUT2D eigenvalue weighted by Crippen LogP contribution is -2.18. The van der Waals surface area contributed by atoms with Gasteiger partial charge in [-0.05, 0) is 24.6 Å². The number of benzene rings is 1. The summed E-state index contributed by atoms with van der Waals surface area (Å²) in [7, 11) is 0. The minimum atomic E-state index is -0.333. The summed E-state index contributed by atoms with van der Waals surface area (Å²) in [6, 6.07) is 5.76. The first kappa shape index (κ1) is 14.1. The molecule has 1 unspecified atom stereocenters. The van der Waals surface area contributed by atoms with Crippen LogP contribution in [0.15, 0.2) is 28.8 Å². The zero-order valence-electron chi connectivity index (χ0n) is 11.8. The molecule has 2 N–H and O–H groups in total. The number of hydrogen-bond acceptors (Lipinski definition) is 6. The van der Waals surface area contributed by atoms with Gasteiger partial charge in [-0.1, -0.05) is 6.07 Å². The van der Waals surface area contributed by atoms with E-state index < -0.39 is 0 Å². The van der Waals surface area contributed by atoms with Crippen LogP contribution < -0.4 is 15.2 Å². The van der Waals surface area contributed by atoms with Crippen LogP contribution in [0.3, 0.4) is 0 Å². The third kappa shape index (κ3) is 2.68. The SMILES string of the molecule is CCOC(=O)C1=C(N)SCC1c1ccc2c(c1)OCCO2. The van der Waals surface area contributed by atoms with Gasteiger partial charge < -0.3 is 19.9 Å². The summed E-state index contributed by atoms with van der Waals surface area (Å²) in [5.74, 6) is 1.80. The van der Waals surface area contributed by atoms with E-state index in [9.17, 15) is 4.79 Å². The molecule has 0 amide bonds. The second-order valence-electron chi connectivity index (χ2n) is 4.77. The van der Waals surface area contributed by atoms with Crippen molar-refractivity contribution in [2.75, 3.05) is 25.6 Å². The van der Waals surface area contributed by atoms with Crippen molar-refractivity contribution in [1.29, 1.82) is 0 Å². The van der Waals surface area contributed by atoms with Gasteiger partial charge >= 0.3 is 5.97 Å². The first-order valence-electron chi connectivity index (χ1n) is 6.89. The largest absolute Gasteiger partial charge is 0.486 e. The van der Waals surface area contributed by atoms with Gasteiger partial charge in [0.25, 0.3) is 0 Å². The molecule has 1 aromatic carbocycles. The number of rotatable bonds is 3. The standard InChI is InChI=1S/C15H17NO4S/c1-2-18-15(17)13-10(8-21-14(13)16)9-3-4-11-12(7-9)20-6-5-19-11/h3-4,7,10H,2,5-6,8,16H2,1H3. The molecule has 5 nitrogen and oxygen atoms in total. The highest BCUT2D eigenvalue weighted by Crippen LogP contribution is 2.42. The topological polar surface area (TPSA) is 70.8 Å². The van der Waals surface area contributed by atoms with Gasteiger partial charge in [-0.15, -0.1) is 11.8 Å². The molecule has 6 heteroatoms. The van der Waals surface area contributed by atoms with Crippen molar-refractivity contribution in [2.45, 2.75) is 12.8 Å². The van der Waals surface area contributed by atoms with Crippen LogP contribution in [-0.2, 0) is 9.53 Å².